The fraction of sp³-hybridized carbons (Fsp3) is 0.588. The van der Waals surface area contributed by atoms with Crippen LogP contribution in [0.3, 0.4) is 0 Å². The van der Waals surface area contributed by atoms with E-state index in [0.717, 1.165) is 0 Å². The molecule has 4 N–H and O–H groups in total. The second kappa shape index (κ2) is 9.78. The van der Waals surface area contributed by atoms with Gasteiger partial charge in [-0.25, -0.2) is 9.13 Å². The second-order valence-corrected chi connectivity index (χ2v) is 9.92. The van der Waals surface area contributed by atoms with Gasteiger partial charge in [0.2, 0.25) is 0 Å². The summed E-state index contributed by atoms with van der Waals surface area (Å²) in [6.07, 6.45) is -0.397. The Balaban J connectivity index is 3.43. The molecule has 0 amide bonds. The molecule has 0 fully saturated rings. The van der Waals surface area contributed by atoms with Crippen LogP contribution in [0.5, 0.6) is 11.5 Å². The highest BCUT2D eigenvalue weighted by Gasteiger charge is 2.35. The van der Waals surface area contributed by atoms with E-state index in [9.17, 15) is 33.5 Å². The van der Waals surface area contributed by atoms with Gasteiger partial charge >= 0.3 is 21.6 Å². The molecule has 11 nitrogen and oxygen atoms in total. The minimum Gasteiger partial charge on any atom is -0.438 e. The average molecular weight is 470 g/mol. The number of esters is 1. The molecule has 30 heavy (non-hydrogen) atoms. The molecule has 0 radical (unpaired) electrons. The Morgan fingerprint density at radius 3 is 2.07 bits per heavy atom. The minimum absolute atomic E-state index is 0.126. The lowest BCUT2D eigenvalue weighted by molar-refractivity contribution is -0.160. The van der Waals surface area contributed by atoms with Crippen molar-refractivity contribution in [2.75, 3.05) is 6.79 Å². The number of phosphoric ester groups is 2. The lowest BCUT2D eigenvalue weighted by Crippen LogP contribution is -2.26. The minimum atomic E-state index is -4.97. The summed E-state index contributed by atoms with van der Waals surface area (Å²) in [6, 6.07) is 1.18. The van der Waals surface area contributed by atoms with Crippen molar-refractivity contribution in [3.63, 3.8) is 0 Å². The van der Waals surface area contributed by atoms with Crippen LogP contribution in [0.15, 0.2) is 6.07 Å². The van der Waals surface area contributed by atoms with Crippen LogP contribution >= 0.6 is 15.6 Å². The molecule has 0 spiro atoms. The van der Waals surface area contributed by atoms with Crippen LogP contribution in [0.1, 0.15) is 50.8 Å². The smallest absolute Gasteiger partial charge is 0.438 e. The number of ether oxygens (including phenoxy) is 2. The molecular weight excluding hydrogens is 442 g/mol. The number of aryl methyl sites for hydroxylation is 1. The Bertz CT molecular complexity index is 867. The van der Waals surface area contributed by atoms with Crippen LogP contribution in [-0.2, 0) is 28.8 Å². The number of phosphoric acid groups is 2. The molecule has 0 atom stereocenters. The molecule has 1 aromatic carbocycles. The molecular formula is C17H28O11P2. The zero-order valence-corrected chi connectivity index (χ0v) is 19.4. The number of rotatable bonds is 10. The summed E-state index contributed by atoms with van der Waals surface area (Å²) in [5.74, 6) is -1.08. The van der Waals surface area contributed by atoms with Crippen molar-refractivity contribution in [1.29, 1.82) is 0 Å². The molecule has 0 saturated heterocycles. The maximum atomic E-state index is 12.2. The summed E-state index contributed by atoms with van der Waals surface area (Å²) in [5, 5.41) is 0. The quantitative estimate of drug-likeness (QED) is 0.225. The molecule has 0 aliphatic carbocycles. The number of hydrogen-bond donors (Lipinski definition) is 4. The molecule has 13 heteroatoms. The van der Waals surface area contributed by atoms with Crippen LogP contribution in [0.4, 0.5) is 0 Å². The first-order valence-electron chi connectivity index (χ1n) is 8.85. The maximum Gasteiger partial charge on any atom is 0.524 e. The van der Waals surface area contributed by atoms with Crippen LogP contribution < -0.4 is 9.05 Å². The first-order chi connectivity index (χ1) is 13.4. The molecule has 0 bridgehead atoms. The average Bonchev–Trinajstić information content (AvgIpc) is 2.47. The standard InChI is InChI=1S/C17H28O11P2/c1-10(2)25-9-26-14(18)8-17(5,6)15-12(4)16(28-30(22,23)24)11(3)7-13(15)27-29(19,20)21/h7,10H,8-9H2,1-6H3,(H2,19,20,21)(H2,22,23,24). The maximum absolute atomic E-state index is 12.2. The van der Waals surface area contributed by atoms with Crippen molar-refractivity contribution < 1.29 is 52.0 Å². The van der Waals surface area contributed by atoms with Gasteiger partial charge in [-0.2, -0.15) is 0 Å². The van der Waals surface area contributed by atoms with Crippen LogP contribution in [0.2, 0.25) is 0 Å². The molecule has 1 aromatic rings. The zero-order valence-electron chi connectivity index (χ0n) is 17.6. The Hall–Kier alpha value is -1.45. The Morgan fingerprint density at radius 2 is 1.60 bits per heavy atom. The summed E-state index contributed by atoms with van der Waals surface area (Å²) in [4.78, 5) is 49.2. The summed E-state index contributed by atoms with van der Waals surface area (Å²) in [6.45, 7) is 9.31. The molecule has 0 aromatic heterocycles. The van der Waals surface area contributed by atoms with E-state index in [0.29, 0.717) is 0 Å². The second-order valence-electron chi connectivity index (χ2n) is 7.59. The SMILES string of the molecule is Cc1cc(OP(=O)(O)O)c(C(C)(C)CC(=O)OCOC(C)C)c(C)c1OP(=O)(O)O. The third-order valence-corrected chi connectivity index (χ3v) is 4.83. The van der Waals surface area contributed by atoms with E-state index in [-0.39, 0.29) is 47.5 Å². The van der Waals surface area contributed by atoms with E-state index in [4.69, 9.17) is 18.5 Å². The van der Waals surface area contributed by atoms with Crippen molar-refractivity contribution in [2.24, 2.45) is 0 Å². The monoisotopic (exact) mass is 470 g/mol. The zero-order chi connectivity index (χ0) is 23.5. The molecule has 0 unspecified atom stereocenters. The third kappa shape index (κ3) is 8.35. The third-order valence-electron chi connectivity index (χ3n) is 3.98. The highest BCUT2D eigenvalue weighted by atomic mass is 31.2. The van der Waals surface area contributed by atoms with Crippen molar-refractivity contribution in [2.45, 2.75) is 59.5 Å². The van der Waals surface area contributed by atoms with E-state index >= 15 is 0 Å². The van der Waals surface area contributed by atoms with Gasteiger partial charge in [-0.3, -0.25) is 24.4 Å². The van der Waals surface area contributed by atoms with Gasteiger partial charge in [-0.15, -0.1) is 0 Å². The lowest BCUT2D eigenvalue weighted by Gasteiger charge is -2.30. The topological polar surface area (TPSA) is 169 Å². The van der Waals surface area contributed by atoms with Gasteiger partial charge in [0.1, 0.15) is 11.5 Å². The molecule has 1 rings (SSSR count). The van der Waals surface area contributed by atoms with Gasteiger partial charge < -0.3 is 18.5 Å². The van der Waals surface area contributed by atoms with Gasteiger partial charge in [0.05, 0.1) is 12.5 Å². The van der Waals surface area contributed by atoms with Crippen LogP contribution in [0.25, 0.3) is 0 Å². The summed E-state index contributed by atoms with van der Waals surface area (Å²) in [7, 11) is -9.90. The number of carbonyl (C=O) groups is 1. The van der Waals surface area contributed by atoms with E-state index in [2.05, 4.69) is 0 Å². The fourth-order valence-electron chi connectivity index (χ4n) is 2.97. The van der Waals surface area contributed by atoms with Gasteiger partial charge in [-0.1, -0.05) is 13.8 Å². The molecule has 172 valence electrons. The van der Waals surface area contributed by atoms with Crippen LogP contribution in [-0.4, -0.2) is 38.4 Å². The Kier molecular flexibility index (Phi) is 8.67. The normalized spacial score (nSPS) is 12.8. The number of benzene rings is 1. The summed E-state index contributed by atoms with van der Waals surface area (Å²) >= 11 is 0. The van der Waals surface area contributed by atoms with E-state index in [1.807, 2.05) is 0 Å². The van der Waals surface area contributed by atoms with Gasteiger partial charge in [0, 0.05) is 11.0 Å². The number of carbonyl (C=O) groups excluding carboxylic acids is 1. The molecule has 0 saturated carbocycles. The van der Waals surface area contributed by atoms with Crippen LogP contribution in [0, 0.1) is 13.8 Å². The molecule has 0 aliphatic rings. The van der Waals surface area contributed by atoms with Gasteiger partial charge in [0.25, 0.3) is 0 Å². The van der Waals surface area contributed by atoms with E-state index in [1.165, 1.54) is 19.9 Å². The largest absolute Gasteiger partial charge is 0.524 e. The van der Waals surface area contributed by atoms with E-state index < -0.39 is 27.0 Å². The summed E-state index contributed by atoms with van der Waals surface area (Å²) < 4.78 is 42.5. The predicted molar refractivity (Wildman–Crippen MR) is 106 cm³/mol. The van der Waals surface area contributed by atoms with Gasteiger partial charge in [0.15, 0.2) is 6.79 Å². The van der Waals surface area contributed by atoms with Crippen molar-refractivity contribution in [1.82, 2.24) is 0 Å². The van der Waals surface area contributed by atoms with Crippen molar-refractivity contribution in [3.8, 4) is 11.5 Å². The van der Waals surface area contributed by atoms with Gasteiger partial charge in [-0.05, 0) is 44.9 Å². The van der Waals surface area contributed by atoms with Crippen molar-refractivity contribution in [3.05, 3.63) is 22.8 Å². The fourth-order valence-corrected chi connectivity index (χ4v) is 3.88. The highest BCUT2D eigenvalue weighted by Crippen LogP contribution is 2.50. The Labute approximate surface area is 174 Å². The first kappa shape index (κ1) is 26.6. The van der Waals surface area contributed by atoms with Crippen molar-refractivity contribution >= 4 is 21.6 Å². The predicted octanol–water partition coefficient (Wildman–Crippen LogP) is 2.84. The summed E-state index contributed by atoms with van der Waals surface area (Å²) in [5.41, 5.74) is -0.671. The van der Waals surface area contributed by atoms with E-state index in [1.54, 1.807) is 27.7 Å². The highest BCUT2D eigenvalue weighted by molar-refractivity contribution is 7.47. The lowest BCUT2D eigenvalue weighted by atomic mass is 9.78. The Morgan fingerprint density at radius 1 is 1.07 bits per heavy atom. The molecule has 0 heterocycles. The number of hydrogen-bond acceptors (Lipinski definition) is 7. The first-order valence-corrected chi connectivity index (χ1v) is 11.9. The molecule has 0 aliphatic heterocycles.